The number of ether oxygens (including phenoxy) is 1. The largest absolute Gasteiger partial charge is 0.460 e. The Morgan fingerprint density at radius 2 is 2.00 bits per heavy atom. The molecule has 0 aliphatic rings. The third-order valence-corrected chi connectivity index (χ3v) is 2.45. The molecular formula is C13H19NO3. The van der Waals surface area contributed by atoms with Gasteiger partial charge in [0.25, 0.3) is 0 Å². The Kier molecular flexibility index (Phi) is 6.29. The van der Waals surface area contributed by atoms with Crippen LogP contribution in [-0.2, 0) is 16.1 Å². The van der Waals surface area contributed by atoms with Crippen molar-refractivity contribution >= 4 is 5.97 Å². The molecule has 3 N–H and O–H groups in total. The number of unbranched alkanes of at least 4 members (excludes halogenated alkanes) is 1. The van der Waals surface area contributed by atoms with Gasteiger partial charge in [0.1, 0.15) is 12.6 Å². The minimum absolute atomic E-state index is 0.131. The van der Waals surface area contributed by atoms with Gasteiger partial charge in [0.15, 0.2) is 0 Å². The lowest BCUT2D eigenvalue weighted by molar-refractivity contribution is -0.146. The van der Waals surface area contributed by atoms with E-state index < -0.39 is 6.04 Å². The van der Waals surface area contributed by atoms with E-state index in [1.54, 1.807) is 0 Å². The van der Waals surface area contributed by atoms with Crippen molar-refractivity contribution in [3.63, 3.8) is 0 Å². The first-order chi connectivity index (χ1) is 8.24. The van der Waals surface area contributed by atoms with Crippen LogP contribution in [0.15, 0.2) is 30.3 Å². The number of hydrogen-bond acceptors (Lipinski definition) is 4. The molecule has 0 aliphatic heterocycles. The lowest BCUT2D eigenvalue weighted by atomic mass is 10.1. The van der Waals surface area contributed by atoms with Crippen LogP contribution in [0.2, 0.25) is 0 Å². The molecule has 1 aromatic rings. The van der Waals surface area contributed by atoms with Crippen molar-refractivity contribution in [2.45, 2.75) is 31.9 Å². The second kappa shape index (κ2) is 7.81. The molecule has 1 aromatic carbocycles. The van der Waals surface area contributed by atoms with Crippen molar-refractivity contribution in [2.75, 3.05) is 6.61 Å². The number of rotatable bonds is 7. The van der Waals surface area contributed by atoms with Crippen LogP contribution in [0, 0.1) is 0 Å². The fraction of sp³-hybridized carbons (Fsp3) is 0.462. The molecule has 0 saturated heterocycles. The molecule has 1 rings (SSSR count). The minimum atomic E-state index is -0.592. The zero-order valence-corrected chi connectivity index (χ0v) is 9.84. The van der Waals surface area contributed by atoms with Crippen LogP contribution in [0.5, 0.6) is 0 Å². The lowest BCUT2D eigenvalue weighted by Gasteiger charge is -2.11. The maximum absolute atomic E-state index is 11.5. The molecule has 0 radical (unpaired) electrons. The van der Waals surface area contributed by atoms with E-state index in [1.807, 2.05) is 30.3 Å². The molecule has 0 heterocycles. The van der Waals surface area contributed by atoms with E-state index in [1.165, 1.54) is 0 Å². The molecular weight excluding hydrogens is 218 g/mol. The van der Waals surface area contributed by atoms with Crippen LogP contribution in [0.1, 0.15) is 24.8 Å². The first kappa shape index (κ1) is 13.7. The molecule has 4 heteroatoms. The monoisotopic (exact) mass is 237 g/mol. The molecule has 0 aliphatic carbocycles. The van der Waals surface area contributed by atoms with Gasteiger partial charge in [0.2, 0.25) is 0 Å². The average Bonchev–Trinajstić information content (AvgIpc) is 2.37. The normalized spacial score (nSPS) is 12.1. The summed E-state index contributed by atoms with van der Waals surface area (Å²) in [5.41, 5.74) is 6.61. The van der Waals surface area contributed by atoms with E-state index in [0.717, 1.165) is 12.0 Å². The van der Waals surface area contributed by atoms with E-state index in [9.17, 15) is 4.79 Å². The molecule has 1 atom stereocenters. The highest BCUT2D eigenvalue weighted by atomic mass is 16.5. The summed E-state index contributed by atoms with van der Waals surface area (Å²) in [6, 6.07) is 8.89. The predicted octanol–water partition coefficient (Wildman–Crippen LogP) is 1.22. The van der Waals surface area contributed by atoms with Gasteiger partial charge in [0.05, 0.1) is 0 Å². The number of nitrogens with two attached hydrogens (primary N) is 1. The highest BCUT2D eigenvalue weighted by Crippen LogP contribution is 2.04. The van der Waals surface area contributed by atoms with Gasteiger partial charge in [-0.15, -0.1) is 0 Å². The quantitative estimate of drug-likeness (QED) is 0.552. The van der Waals surface area contributed by atoms with Crippen molar-refractivity contribution in [2.24, 2.45) is 5.73 Å². The number of aliphatic hydroxyl groups excluding tert-OH is 1. The Balaban J connectivity index is 2.24. The predicted molar refractivity (Wildman–Crippen MR) is 65.2 cm³/mol. The molecule has 1 unspecified atom stereocenters. The topological polar surface area (TPSA) is 72.5 Å². The van der Waals surface area contributed by atoms with Crippen LogP contribution < -0.4 is 5.73 Å². The van der Waals surface area contributed by atoms with Crippen LogP contribution in [0.25, 0.3) is 0 Å². The fourth-order valence-electron chi connectivity index (χ4n) is 1.43. The highest BCUT2D eigenvalue weighted by Gasteiger charge is 2.14. The van der Waals surface area contributed by atoms with Crippen LogP contribution >= 0.6 is 0 Å². The second-order valence-corrected chi connectivity index (χ2v) is 3.92. The van der Waals surface area contributed by atoms with E-state index >= 15 is 0 Å². The van der Waals surface area contributed by atoms with Gasteiger partial charge in [-0.3, -0.25) is 4.79 Å². The van der Waals surface area contributed by atoms with Crippen molar-refractivity contribution in [3.05, 3.63) is 35.9 Å². The van der Waals surface area contributed by atoms with Crippen molar-refractivity contribution in [3.8, 4) is 0 Å². The molecule has 0 aromatic heterocycles. The average molecular weight is 237 g/mol. The zero-order chi connectivity index (χ0) is 12.5. The maximum Gasteiger partial charge on any atom is 0.323 e. The number of carbonyl (C=O) groups excluding carboxylic acids is 1. The number of aliphatic hydroxyl groups is 1. The highest BCUT2D eigenvalue weighted by molar-refractivity contribution is 5.75. The Bertz CT molecular complexity index is 327. The maximum atomic E-state index is 11.5. The number of benzene rings is 1. The standard InChI is InChI=1S/C13H19NO3/c14-12(8-4-5-9-15)13(16)17-10-11-6-2-1-3-7-11/h1-3,6-7,12,15H,4-5,8-10,14H2. The summed E-state index contributed by atoms with van der Waals surface area (Å²) in [6.07, 6.45) is 1.95. The van der Waals surface area contributed by atoms with Crippen LogP contribution in [0.4, 0.5) is 0 Å². The van der Waals surface area contributed by atoms with Crippen molar-refractivity contribution < 1.29 is 14.6 Å². The molecule has 94 valence electrons. The van der Waals surface area contributed by atoms with Gasteiger partial charge < -0.3 is 15.6 Å². The number of carbonyl (C=O) groups is 1. The third kappa shape index (κ3) is 5.47. The molecule has 0 amide bonds. The SMILES string of the molecule is NC(CCCCO)C(=O)OCc1ccccc1. The smallest absolute Gasteiger partial charge is 0.323 e. The summed E-state index contributed by atoms with van der Waals surface area (Å²) < 4.78 is 5.09. The number of hydrogen-bond donors (Lipinski definition) is 2. The zero-order valence-electron chi connectivity index (χ0n) is 9.84. The third-order valence-electron chi connectivity index (χ3n) is 2.45. The van der Waals surface area contributed by atoms with Gasteiger partial charge >= 0.3 is 5.97 Å². The summed E-state index contributed by atoms with van der Waals surface area (Å²) in [7, 11) is 0. The molecule has 0 fully saturated rings. The molecule has 0 saturated carbocycles. The van der Waals surface area contributed by atoms with E-state index in [0.29, 0.717) is 12.8 Å². The fourth-order valence-corrected chi connectivity index (χ4v) is 1.43. The van der Waals surface area contributed by atoms with Gasteiger partial charge in [-0.1, -0.05) is 30.3 Å². The lowest BCUT2D eigenvalue weighted by Crippen LogP contribution is -2.32. The van der Waals surface area contributed by atoms with Crippen LogP contribution in [0.3, 0.4) is 0 Å². The summed E-state index contributed by atoms with van der Waals surface area (Å²) in [6.45, 7) is 0.388. The Morgan fingerprint density at radius 3 is 2.65 bits per heavy atom. The first-order valence-electron chi connectivity index (χ1n) is 5.81. The Morgan fingerprint density at radius 1 is 1.29 bits per heavy atom. The molecule has 0 bridgehead atoms. The van der Waals surface area contributed by atoms with Gasteiger partial charge in [-0.25, -0.2) is 0 Å². The van der Waals surface area contributed by atoms with Gasteiger partial charge in [0, 0.05) is 6.61 Å². The Hall–Kier alpha value is -1.39. The number of esters is 1. The van der Waals surface area contributed by atoms with Crippen LogP contribution in [-0.4, -0.2) is 23.7 Å². The molecule has 4 nitrogen and oxygen atoms in total. The minimum Gasteiger partial charge on any atom is -0.460 e. The summed E-state index contributed by atoms with van der Waals surface area (Å²) in [5.74, 6) is -0.383. The molecule has 17 heavy (non-hydrogen) atoms. The van der Waals surface area contributed by atoms with E-state index in [-0.39, 0.29) is 19.2 Å². The second-order valence-electron chi connectivity index (χ2n) is 3.92. The van der Waals surface area contributed by atoms with E-state index in [2.05, 4.69) is 0 Å². The summed E-state index contributed by atoms with van der Waals surface area (Å²) in [4.78, 5) is 11.5. The van der Waals surface area contributed by atoms with Crippen molar-refractivity contribution in [1.29, 1.82) is 0 Å². The first-order valence-corrected chi connectivity index (χ1v) is 5.81. The van der Waals surface area contributed by atoms with E-state index in [4.69, 9.17) is 15.6 Å². The van der Waals surface area contributed by atoms with Crippen molar-refractivity contribution in [1.82, 2.24) is 0 Å². The molecule has 0 spiro atoms. The van der Waals surface area contributed by atoms with Gasteiger partial charge in [-0.05, 0) is 24.8 Å². The van der Waals surface area contributed by atoms with Gasteiger partial charge in [-0.2, -0.15) is 0 Å². The Labute approximate surface area is 101 Å². The summed E-state index contributed by atoms with van der Waals surface area (Å²) >= 11 is 0. The summed E-state index contributed by atoms with van der Waals surface area (Å²) in [5, 5.41) is 8.61.